The maximum atomic E-state index is 12.1. The van der Waals surface area contributed by atoms with Crippen molar-refractivity contribution in [1.29, 1.82) is 0 Å². The van der Waals surface area contributed by atoms with E-state index in [0.29, 0.717) is 0 Å². The van der Waals surface area contributed by atoms with Crippen LogP contribution in [0.5, 0.6) is 0 Å². The first-order chi connectivity index (χ1) is 12.7. The van der Waals surface area contributed by atoms with Gasteiger partial charge in [0.25, 0.3) is 0 Å². The van der Waals surface area contributed by atoms with Gasteiger partial charge in [0.1, 0.15) is 0 Å². The van der Waals surface area contributed by atoms with Gasteiger partial charge in [0.05, 0.1) is 0 Å². The van der Waals surface area contributed by atoms with Crippen molar-refractivity contribution in [2.24, 2.45) is 0 Å². The predicted octanol–water partition coefficient (Wildman–Crippen LogP) is 4.40. The number of carbonyl (C=O) groups is 1. The summed E-state index contributed by atoms with van der Waals surface area (Å²) in [7, 11) is 0. The number of para-hydroxylation sites is 2. The van der Waals surface area contributed by atoms with E-state index in [0.717, 1.165) is 12.2 Å². The third-order valence-corrected chi connectivity index (χ3v) is 6.73. The van der Waals surface area contributed by atoms with Crippen molar-refractivity contribution < 1.29 is 9.36 Å². The van der Waals surface area contributed by atoms with Crippen LogP contribution in [0.4, 0.5) is 5.69 Å². The number of hydrogen-bond donors (Lipinski definition) is 0. The molecule has 1 heterocycles. The standard InChI is InChI=1S/C22H25N2OSe/c1-3-4-10-16-24-20-13-8-9-14-21(20)26-22(24)15-17-23(18(2)25)19-11-6-5-7-12-19/h5-9,11-15,17H,3-4,10,16H2,1-2H3/q+1. The van der Waals surface area contributed by atoms with Crippen LogP contribution in [0.25, 0.3) is 15.9 Å². The first-order valence-electron chi connectivity index (χ1n) is 9.15. The van der Waals surface area contributed by atoms with Gasteiger partial charge in [0.15, 0.2) is 0 Å². The van der Waals surface area contributed by atoms with E-state index in [1.165, 1.54) is 33.6 Å². The van der Waals surface area contributed by atoms with Gasteiger partial charge in [0.2, 0.25) is 0 Å². The van der Waals surface area contributed by atoms with Crippen LogP contribution in [-0.2, 0) is 11.3 Å². The van der Waals surface area contributed by atoms with Gasteiger partial charge in [-0.1, -0.05) is 0 Å². The summed E-state index contributed by atoms with van der Waals surface area (Å²) in [6, 6.07) is 18.5. The number of nitrogens with zero attached hydrogens (tertiary/aromatic N) is 2. The Balaban J connectivity index is 1.94. The van der Waals surface area contributed by atoms with Gasteiger partial charge in [0, 0.05) is 0 Å². The van der Waals surface area contributed by atoms with Crippen molar-refractivity contribution in [3.05, 3.63) is 65.4 Å². The Kier molecular flexibility index (Phi) is 6.43. The van der Waals surface area contributed by atoms with Crippen molar-refractivity contribution in [3.63, 3.8) is 0 Å². The fourth-order valence-electron chi connectivity index (χ4n) is 3.03. The third kappa shape index (κ3) is 4.32. The predicted molar refractivity (Wildman–Crippen MR) is 109 cm³/mol. The van der Waals surface area contributed by atoms with E-state index < -0.39 is 0 Å². The molecule has 0 fully saturated rings. The minimum atomic E-state index is 0.0218. The number of unbranched alkanes of at least 4 members (excludes halogenated alkanes) is 2. The molecule has 0 atom stereocenters. The summed E-state index contributed by atoms with van der Waals surface area (Å²) < 4.78 is 5.17. The second-order valence-corrected chi connectivity index (χ2v) is 8.54. The van der Waals surface area contributed by atoms with Crippen molar-refractivity contribution in [2.45, 2.75) is 39.7 Å². The van der Waals surface area contributed by atoms with E-state index in [-0.39, 0.29) is 20.4 Å². The van der Waals surface area contributed by atoms with Gasteiger partial charge in [-0.25, -0.2) is 0 Å². The van der Waals surface area contributed by atoms with Crippen LogP contribution in [0.2, 0.25) is 0 Å². The average Bonchev–Trinajstić information content (AvgIpc) is 3.00. The molecule has 0 N–H and O–H groups in total. The first kappa shape index (κ1) is 18.6. The molecule has 3 aromatic rings. The number of hydrogen-bond acceptors (Lipinski definition) is 1. The molecule has 1 amide bonds. The molecule has 0 spiro atoms. The number of fused-ring (bicyclic) bond motifs is 1. The minimum absolute atomic E-state index is 0.0218. The average molecular weight is 412 g/mol. The molecule has 134 valence electrons. The van der Waals surface area contributed by atoms with Crippen LogP contribution < -0.4 is 9.47 Å². The Bertz CT molecular complexity index is 899. The van der Waals surface area contributed by atoms with E-state index in [4.69, 9.17) is 0 Å². The molecule has 0 saturated heterocycles. The molecule has 3 nitrogen and oxygen atoms in total. The van der Waals surface area contributed by atoms with Gasteiger partial charge < -0.3 is 0 Å². The molecule has 0 aliphatic heterocycles. The molecule has 1 aromatic heterocycles. The summed E-state index contributed by atoms with van der Waals surface area (Å²) >= 11 is 0.276. The molecule has 26 heavy (non-hydrogen) atoms. The molecule has 0 bridgehead atoms. The van der Waals surface area contributed by atoms with Crippen LogP contribution in [0.1, 0.15) is 37.7 Å². The summed E-state index contributed by atoms with van der Waals surface area (Å²) in [5, 5.41) is 0. The van der Waals surface area contributed by atoms with Gasteiger partial charge >= 0.3 is 161 Å². The quantitative estimate of drug-likeness (QED) is 0.321. The number of amides is 1. The fourth-order valence-corrected chi connectivity index (χ4v) is 5.30. The van der Waals surface area contributed by atoms with Crippen LogP contribution in [0, 0.1) is 0 Å². The molecule has 3 rings (SSSR count). The Morgan fingerprint density at radius 3 is 2.54 bits per heavy atom. The maximum absolute atomic E-state index is 12.1. The second kappa shape index (κ2) is 8.97. The molecule has 4 heteroatoms. The van der Waals surface area contributed by atoms with E-state index >= 15 is 0 Å². The molecule has 0 unspecified atom stereocenters. The zero-order valence-electron chi connectivity index (χ0n) is 15.4. The Morgan fingerprint density at radius 2 is 1.81 bits per heavy atom. The first-order valence-corrected chi connectivity index (χ1v) is 10.9. The summed E-state index contributed by atoms with van der Waals surface area (Å²) in [5.41, 5.74) is 2.23. The normalized spacial score (nSPS) is 11.3. The second-order valence-electron chi connectivity index (χ2n) is 6.31. The van der Waals surface area contributed by atoms with Gasteiger partial charge in [-0.3, -0.25) is 0 Å². The van der Waals surface area contributed by atoms with Crippen molar-refractivity contribution in [3.8, 4) is 0 Å². The SMILES string of the molecule is CCCCC[n+]1c(/C=C/N(C(C)=O)c2ccccc2)[se]c2ccccc21. The number of aromatic nitrogens is 1. The Hall–Kier alpha value is -2.16. The summed E-state index contributed by atoms with van der Waals surface area (Å²) in [6.45, 7) is 4.88. The molecule has 2 aromatic carbocycles. The molecule has 0 aliphatic rings. The van der Waals surface area contributed by atoms with Crippen molar-refractivity contribution >= 4 is 42.0 Å². The van der Waals surface area contributed by atoms with Crippen LogP contribution >= 0.6 is 0 Å². The van der Waals surface area contributed by atoms with E-state index in [1.54, 1.807) is 11.8 Å². The van der Waals surface area contributed by atoms with Gasteiger partial charge in [-0.05, 0) is 0 Å². The Labute approximate surface area is 161 Å². The van der Waals surface area contributed by atoms with Crippen molar-refractivity contribution in [1.82, 2.24) is 0 Å². The number of carbonyl (C=O) groups excluding carboxylic acids is 1. The third-order valence-electron chi connectivity index (χ3n) is 4.36. The molecule has 0 radical (unpaired) electrons. The topological polar surface area (TPSA) is 24.2 Å². The molecular weight excluding hydrogens is 387 g/mol. The summed E-state index contributed by atoms with van der Waals surface area (Å²) in [6.07, 6.45) is 7.70. The van der Waals surface area contributed by atoms with Gasteiger partial charge in [-0.15, -0.1) is 0 Å². The molecular formula is C22H25N2OSe+. The van der Waals surface area contributed by atoms with Gasteiger partial charge in [-0.2, -0.15) is 0 Å². The molecule has 0 aliphatic carbocycles. The summed E-state index contributed by atoms with van der Waals surface area (Å²) in [5.74, 6) is 0.0218. The number of anilines is 1. The van der Waals surface area contributed by atoms with E-state index in [9.17, 15) is 4.79 Å². The van der Waals surface area contributed by atoms with E-state index in [2.05, 4.69) is 41.8 Å². The summed E-state index contributed by atoms with van der Waals surface area (Å²) in [4.78, 5) is 13.8. The fraction of sp³-hybridized carbons (Fsp3) is 0.273. The van der Waals surface area contributed by atoms with Crippen LogP contribution in [-0.4, -0.2) is 20.4 Å². The van der Waals surface area contributed by atoms with Crippen LogP contribution in [0.3, 0.4) is 0 Å². The number of aryl methyl sites for hydroxylation is 1. The van der Waals surface area contributed by atoms with Crippen LogP contribution in [0.15, 0.2) is 60.8 Å². The Morgan fingerprint density at radius 1 is 1.08 bits per heavy atom. The monoisotopic (exact) mass is 413 g/mol. The zero-order valence-corrected chi connectivity index (χ0v) is 17.1. The zero-order chi connectivity index (χ0) is 18.4. The molecule has 0 saturated carbocycles. The number of rotatable bonds is 7. The van der Waals surface area contributed by atoms with E-state index in [1.807, 2.05) is 36.5 Å². The number of benzene rings is 2. The van der Waals surface area contributed by atoms with Crippen molar-refractivity contribution in [2.75, 3.05) is 4.90 Å².